The standard InChI is InChI=1S/C10H11ClN4O3S/c11-8-14-13-6(19-8)5-15-7(16)10(12-9(15)17)1-3-18-4-2-10/h1-5H2,(H,12,17). The highest BCUT2D eigenvalue weighted by molar-refractivity contribution is 7.15. The number of carbonyl (C=O) groups is 2. The number of hydrogen-bond donors (Lipinski definition) is 1. The van der Waals surface area contributed by atoms with Crippen LogP contribution in [0.15, 0.2) is 0 Å². The van der Waals surface area contributed by atoms with E-state index in [9.17, 15) is 9.59 Å². The quantitative estimate of drug-likeness (QED) is 0.817. The first kappa shape index (κ1) is 12.8. The van der Waals surface area contributed by atoms with Gasteiger partial charge in [-0.15, -0.1) is 10.2 Å². The second kappa shape index (κ2) is 4.69. The average molecular weight is 303 g/mol. The summed E-state index contributed by atoms with van der Waals surface area (Å²) in [6.45, 7) is 1.06. The van der Waals surface area contributed by atoms with E-state index < -0.39 is 11.6 Å². The highest BCUT2D eigenvalue weighted by Gasteiger charge is 2.51. The number of ether oxygens (including phenoxy) is 1. The monoisotopic (exact) mass is 302 g/mol. The number of nitrogens with zero attached hydrogens (tertiary/aromatic N) is 3. The molecule has 2 aliphatic heterocycles. The second-order valence-electron chi connectivity index (χ2n) is 4.46. The van der Waals surface area contributed by atoms with E-state index in [0.29, 0.717) is 35.5 Å². The van der Waals surface area contributed by atoms with Gasteiger partial charge in [0.1, 0.15) is 10.5 Å². The van der Waals surface area contributed by atoms with E-state index in [1.54, 1.807) is 0 Å². The minimum absolute atomic E-state index is 0.109. The Morgan fingerprint density at radius 3 is 2.74 bits per heavy atom. The fourth-order valence-electron chi connectivity index (χ4n) is 2.31. The van der Waals surface area contributed by atoms with Crippen molar-refractivity contribution in [2.24, 2.45) is 0 Å². The number of rotatable bonds is 2. The minimum Gasteiger partial charge on any atom is -0.381 e. The van der Waals surface area contributed by atoms with Gasteiger partial charge in [0.15, 0.2) is 0 Å². The number of nitrogens with one attached hydrogen (secondary N) is 1. The summed E-state index contributed by atoms with van der Waals surface area (Å²) < 4.78 is 5.53. The molecule has 0 aliphatic carbocycles. The van der Waals surface area contributed by atoms with Gasteiger partial charge in [-0.1, -0.05) is 11.3 Å². The van der Waals surface area contributed by atoms with Crippen LogP contribution < -0.4 is 5.32 Å². The van der Waals surface area contributed by atoms with Crippen molar-refractivity contribution >= 4 is 34.9 Å². The van der Waals surface area contributed by atoms with Crippen LogP contribution in [0, 0.1) is 0 Å². The molecule has 19 heavy (non-hydrogen) atoms. The smallest absolute Gasteiger partial charge is 0.325 e. The molecule has 3 rings (SSSR count). The van der Waals surface area contributed by atoms with Gasteiger partial charge in [-0.3, -0.25) is 9.69 Å². The number of urea groups is 1. The molecule has 102 valence electrons. The molecule has 0 atom stereocenters. The lowest BCUT2D eigenvalue weighted by Gasteiger charge is -2.30. The van der Waals surface area contributed by atoms with Gasteiger partial charge in [-0.25, -0.2) is 4.79 Å². The zero-order valence-electron chi connectivity index (χ0n) is 9.89. The number of halogens is 1. The van der Waals surface area contributed by atoms with Crippen molar-refractivity contribution in [3.63, 3.8) is 0 Å². The Bertz CT molecular complexity index is 529. The van der Waals surface area contributed by atoms with Gasteiger partial charge in [-0.05, 0) is 11.6 Å². The highest BCUT2D eigenvalue weighted by Crippen LogP contribution is 2.29. The summed E-state index contributed by atoms with van der Waals surface area (Å²) in [7, 11) is 0. The summed E-state index contributed by atoms with van der Waals surface area (Å²) in [5.41, 5.74) is -0.802. The summed E-state index contributed by atoms with van der Waals surface area (Å²) in [4.78, 5) is 25.5. The SMILES string of the molecule is O=C1NC2(CCOCC2)C(=O)N1Cc1nnc(Cl)s1. The molecule has 3 amide bonds. The van der Waals surface area contributed by atoms with Crippen molar-refractivity contribution in [3.8, 4) is 0 Å². The van der Waals surface area contributed by atoms with Gasteiger partial charge in [0, 0.05) is 26.1 Å². The Morgan fingerprint density at radius 1 is 1.37 bits per heavy atom. The normalized spacial score (nSPS) is 22.1. The molecule has 2 aliphatic rings. The summed E-state index contributed by atoms with van der Waals surface area (Å²) in [6, 6.07) is -0.391. The lowest BCUT2D eigenvalue weighted by atomic mass is 9.90. The Kier molecular flexibility index (Phi) is 3.15. The van der Waals surface area contributed by atoms with E-state index in [1.165, 1.54) is 4.90 Å². The van der Waals surface area contributed by atoms with E-state index in [4.69, 9.17) is 16.3 Å². The van der Waals surface area contributed by atoms with Crippen molar-refractivity contribution in [1.82, 2.24) is 20.4 Å². The van der Waals surface area contributed by atoms with Gasteiger partial charge in [0.25, 0.3) is 5.91 Å². The van der Waals surface area contributed by atoms with Gasteiger partial charge in [0.2, 0.25) is 4.47 Å². The van der Waals surface area contributed by atoms with Crippen molar-refractivity contribution in [1.29, 1.82) is 0 Å². The first-order chi connectivity index (χ1) is 9.11. The Balaban J connectivity index is 1.79. The van der Waals surface area contributed by atoms with Crippen LogP contribution >= 0.6 is 22.9 Å². The van der Waals surface area contributed by atoms with Gasteiger partial charge < -0.3 is 10.1 Å². The third-order valence-electron chi connectivity index (χ3n) is 3.33. The Morgan fingerprint density at radius 2 is 2.11 bits per heavy atom. The molecule has 2 fully saturated rings. The summed E-state index contributed by atoms with van der Waals surface area (Å²) in [5.74, 6) is -0.216. The summed E-state index contributed by atoms with van der Waals surface area (Å²) >= 11 is 6.84. The van der Waals surface area contributed by atoms with Gasteiger partial charge >= 0.3 is 6.03 Å². The molecule has 2 saturated heterocycles. The Hall–Kier alpha value is -1.25. The molecular formula is C10H11ClN4O3S. The van der Waals surface area contributed by atoms with Gasteiger partial charge in [0.05, 0.1) is 6.54 Å². The van der Waals surface area contributed by atoms with Crippen LogP contribution in [0.4, 0.5) is 4.79 Å². The molecule has 0 saturated carbocycles. The minimum atomic E-state index is -0.802. The third kappa shape index (κ3) is 2.19. The van der Waals surface area contributed by atoms with Crippen molar-refractivity contribution < 1.29 is 14.3 Å². The zero-order chi connectivity index (χ0) is 13.5. The van der Waals surface area contributed by atoms with Crippen molar-refractivity contribution in [2.45, 2.75) is 24.9 Å². The van der Waals surface area contributed by atoms with Crippen LogP contribution in [0.25, 0.3) is 0 Å². The predicted octanol–water partition coefficient (Wildman–Crippen LogP) is 0.792. The van der Waals surface area contributed by atoms with Crippen LogP contribution in [0.3, 0.4) is 0 Å². The first-order valence-corrected chi connectivity index (χ1v) is 7.00. The number of imide groups is 1. The Labute approximate surface area is 117 Å². The molecule has 0 bridgehead atoms. The maximum atomic E-state index is 12.4. The van der Waals surface area contributed by atoms with Crippen LogP contribution in [0.2, 0.25) is 4.47 Å². The third-order valence-corrected chi connectivity index (χ3v) is 4.33. The maximum absolute atomic E-state index is 12.4. The molecule has 7 nitrogen and oxygen atoms in total. The molecule has 1 spiro atoms. The molecule has 9 heteroatoms. The first-order valence-electron chi connectivity index (χ1n) is 5.80. The lowest BCUT2D eigenvalue weighted by Crippen LogP contribution is -2.51. The van der Waals surface area contributed by atoms with E-state index >= 15 is 0 Å². The number of aromatic nitrogens is 2. The molecule has 0 aromatic carbocycles. The summed E-state index contributed by atoms with van der Waals surface area (Å²) in [5, 5.41) is 10.8. The lowest BCUT2D eigenvalue weighted by molar-refractivity contribution is -0.134. The molecule has 1 aromatic rings. The summed E-state index contributed by atoms with van der Waals surface area (Å²) in [6.07, 6.45) is 1.01. The fraction of sp³-hybridized carbons (Fsp3) is 0.600. The van der Waals surface area contributed by atoms with Crippen LogP contribution in [0.1, 0.15) is 17.8 Å². The van der Waals surface area contributed by atoms with Crippen LogP contribution in [0.5, 0.6) is 0 Å². The van der Waals surface area contributed by atoms with Crippen LogP contribution in [-0.2, 0) is 16.1 Å². The second-order valence-corrected chi connectivity index (χ2v) is 6.11. The molecule has 0 radical (unpaired) electrons. The van der Waals surface area contributed by atoms with E-state index in [0.717, 1.165) is 11.3 Å². The number of carbonyl (C=O) groups excluding carboxylic acids is 2. The topological polar surface area (TPSA) is 84.4 Å². The number of hydrogen-bond acceptors (Lipinski definition) is 6. The maximum Gasteiger partial charge on any atom is 0.325 e. The number of amides is 3. The molecule has 1 aromatic heterocycles. The fourth-order valence-corrected chi connectivity index (χ4v) is 3.17. The molecule has 0 unspecified atom stereocenters. The van der Waals surface area contributed by atoms with Crippen molar-refractivity contribution in [3.05, 3.63) is 9.47 Å². The van der Waals surface area contributed by atoms with E-state index in [-0.39, 0.29) is 12.5 Å². The molecule has 1 N–H and O–H groups in total. The highest BCUT2D eigenvalue weighted by atomic mass is 35.5. The van der Waals surface area contributed by atoms with Crippen LogP contribution in [-0.4, -0.2) is 45.8 Å². The zero-order valence-corrected chi connectivity index (χ0v) is 11.5. The van der Waals surface area contributed by atoms with Gasteiger partial charge in [-0.2, -0.15) is 0 Å². The van der Waals surface area contributed by atoms with E-state index in [2.05, 4.69) is 15.5 Å². The van der Waals surface area contributed by atoms with E-state index in [1.807, 2.05) is 0 Å². The molecule has 3 heterocycles. The average Bonchev–Trinajstić information content (AvgIpc) is 2.89. The molecular weight excluding hydrogens is 292 g/mol. The largest absolute Gasteiger partial charge is 0.381 e. The van der Waals surface area contributed by atoms with Crippen molar-refractivity contribution in [2.75, 3.05) is 13.2 Å². The predicted molar refractivity (Wildman–Crippen MR) is 66.8 cm³/mol.